The molecule has 0 atom stereocenters. The zero-order valence-electron chi connectivity index (χ0n) is 26.0. The smallest absolute Gasteiger partial charge is 0.229 e. The SMILES string of the molecule is C.CCS(=O)(=O)c1cc(Nc2ncc(F)c(N(Cc3ccccc3C#N)c3cc(CO)ccc3C)n2)ccc1N1CCN(C)CC1.O. The molecule has 11 nitrogen and oxygen atoms in total. The Kier molecular flexibility index (Phi) is 12.4. The Hall–Kier alpha value is -4.61. The number of nitrogens with one attached hydrogen (secondary N) is 1. The molecule has 5 rings (SSSR count). The van der Waals surface area contributed by atoms with Crippen LogP contribution in [0, 0.1) is 24.1 Å². The maximum Gasteiger partial charge on any atom is 0.229 e. The predicted octanol–water partition coefficient (Wildman–Crippen LogP) is 4.73. The third-order valence-corrected chi connectivity index (χ3v) is 9.73. The summed E-state index contributed by atoms with van der Waals surface area (Å²) in [4.78, 5) is 14.9. The van der Waals surface area contributed by atoms with Crippen LogP contribution in [0.2, 0.25) is 0 Å². The Balaban J connectivity index is 0.00000300. The van der Waals surface area contributed by atoms with Crippen molar-refractivity contribution < 1.29 is 23.4 Å². The summed E-state index contributed by atoms with van der Waals surface area (Å²) in [6.07, 6.45) is 1.06. The molecule has 13 heteroatoms. The molecule has 1 aliphatic heterocycles. The molecule has 250 valence electrons. The number of nitriles is 1. The average molecular weight is 664 g/mol. The highest BCUT2D eigenvalue weighted by atomic mass is 32.2. The number of aliphatic hydroxyl groups is 1. The second-order valence-electron chi connectivity index (χ2n) is 11.0. The predicted molar refractivity (Wildman–Crippen MR) is 184 cm³/mol. The second kappa shape index (κ2) is 15.8. The van der Waals surface area contributed by atoms with E-state index in [0.717, 1.165) is 24.8 Å². The van der Waals surface area contributed by atoms with Gasteiger partial charge in [-0.15, -0.1) is 0 Å². The van der Waals surface area contributed by atoms with E-state index in [4.69, 9.17) is 0 Å². The van der Waals surface area contributed by atoms with Crippen LogP contribution in [0.1, 0.15) is 36.6 Å². The minimum absolute atomic E-state index is 0. The molecular formula is C34H42FN7O4S. The number of aliphatic hydroxyl groups excluding tert-OH is 1. The van der Waals surface area contributed by atoms with Gasteiger partial charge in [-0.3, -0.25) is 0 Å². The number of aryl methyl sites for hydroxylation is 1. The third kappa shape index (κ3) is 8.22. The quantitative estimate of drug-likeness (QED) is 0.243. The van der Waals surface area contributed by atoms with Gasteiger partial charge in [0.2, 0.25) is 5.95 Å². The summed E-state index contributed by atoms with van der Waals surface area (Å²) in [5.41, 5.74) is 4.24. The van der Waals surface area contributed by atoms with Gasteiger partial charge in [0.25, 0.3) is 0 Å². The summed E-state index contributed by atoms with van der Waals surface area (Å²) in [6, 6.07) is 19.8. The van der Waals surface area contributed by atoms with Crippen molar-refractivity contribution >= 4 is 38.7 Å². The highest BCUT2D eigenvalue weighted by Gasteiger charge is 2.25. The first-order chi connectivity index (χ1) is 21.6. The number of piperazine rings is 1. The van der Waals surface area contributed by atoms with Crippen LogP contribution in [0.4, 0.5) is 33.2 Å². The van der Waals surface area contributed by atoms with Crippen LogP contribution in [0.3, 0.4) is 0 Å². The largest absolute Gasteiger partial charge is 0.412 e. The van der Waals surface area contributed by atoms with Gasteiger partial charge in [0.15, 0.2) is 21.5 Å². The normalized spacial score (nSPS) is 13.2. The number of sulfone groups is 1. The van der Waals surface area contributed by atoms with Crippen LogP contribution in [-0.4, -0.2) is 72.8 Å². The molecule has 1 aliphatic rings. The van der Waals surface area contributed by atoms with Gasteiger partial charge < -0.3 is 30.6 Å². The van der Waals surface area contributed by atoms with E-state index in [0.29, 0.717) is 46.8 Å². The molecular weight excluding hydrogens is 621 g/mol. The van der Waals surface area contributed by atoms with Gasteiger partial charge in [0.1, 0.15) is 0 Å². The molecule has 0 bridgehead atoms. The van der Waals surface area contributed by atoms with Crippen molar-refractivity contribution in [2.24, 2.45) is 0 Å². The summed E-state index contributed by atoms with van der Waals surface area (Å²) in [5, 5.41) is 22.6. The van der Waals surface area contributed by atoms with E-state index >= 15 is 4.39 Å². The number of hydrogen-bond donors (Lipinski definition) is 2. The fourth-order valence-electron chi connectivity index (χ4n) is 5.30. The zero-order chi connectivity index (χ0) is 32.1. The Bertz CT molecular complexity index is 1840. The van der Waals surface area contributed by atoms with Gasteiger partial charge >= 0.3 is 0 Å². The number of halogens is 1. The van der Waals surface area contributed by atoms with E-state index < -0.39 is 15.7 Å². The summed E-state index contributed by atoms with van der Waals surface area (Å²) >= 11 is 0. The average Bonchev–Trinajstić information content (AvgIpc) is 3.05. The monoisotopic (exact) mass is 663 g/mol. The van der Waals surface area contributed by atoms with Gasteiger partial charge in [-0.25, -0.2) is 17.8 Å². The van der Waals surface area contributed by atoms with Crippen molar-refractivity contribution in [1.29, 1.82) is 5.26 Å². The van der Waals surface area contributed by atoms with Crippen molar-refractivity contribution in [2.75, 3.05) is 54.1 Å². The fraction of sp³-hybridized carbons (Fsp3) is 0.324. The lowest BCUT2D eigenvalue weighted by Gasteiger charge is -2.35. The first-order valence-corrected chi connectivity index (χ1v) is 16.3. The molecule has 47 heavy (non-hydrogen) atoms. The van der Waals surface area contributed by atoms with E-state index in [-0.39, 0.29) is 48.5 Å². The summed E-state index contributed by atoms with van der Waals surface area (Å²) in [5.74, 6) is -0.731. The number of hydrogen-bond acceptors (Lipinski definition) is 10. The lowest BCUT2D eigenvalue weighted by molar-refractivity contribution is 0.282. The van der Waals surface area contributed by atoms with Crippen LogP contribution in [0.15, 0.2) is 71.8 Å². The van der Waals surface area contributed by atoms with Crippen LogP contribution in [-0.2, 0) is 23.0 Å². The molecule has 1 aromatic heterocycles. The lowest BCUT2D eigenvalue weighted by Crippen LogP contribution is -2.45. The molecule has 4 N–H and O–H groups in total. The minimum atomic E-state index is -3.57. The molecule has 0 amide bonds. The van der Waals surface area contributed by atoms with Crippen molar-refractivity contribution in [1.82, 2.24) is 14.9 Å². The van der Waals surface area contributed by atoms with Crippen LogP contribution in [0.25, 0.3) is 0 Å². The summed E-state index contributed by atoms with van der Waals surface area (Å²) in [7, 11) is -1.53. The number of benzene rings is 3. The van der Waals surface area contributed by atoms with Crippen molar-refractivity contribution in [3.8, 4) is 6.07 Å². The molecule has 0 aliphatic carbocycles. The maximum absolute atomic E-state index is 15.6. The molecule has 2 heterocycles. The molecule has 0 unspecified atom stereocenters. The lowest BCUT2D eigenvalue weighted by atomic mass is 10.1. The van der Waals surface area contributed by atoms with E-state index in [1.165, 1.54) is 0 Å². The van der Waals surface area contributed by atoms with E-state index in [9.17, 15) is 18.8 Å². The molecule has 3 aromatic carbocycles. The van der Waals surface area contributed by atoms with Gasteiger partial charge in [-0.1, -0.05) is 44.7 Å². The first-order valence-electron chi connectivity index (χ1n) is 14.7. The molecule has 4 aromatic rings. The molecule has 0 radical (unpaired) electrons. The number of aromatic nitrogens is 2. The highest BCUT2D eigenvalue weighted by Crippen LogP contribution is 2.34. The second-order valence-corrected chi connectivity index (χ2v) is 13.2. The van der Waals surface area contributed by atoms with E-state index in [1.54, 1.807) is 60.4 Å². The third-order valence-electron chi connectivity index (χ3n) is 7.97. The van der Waals surface area contributed by atoms with Crippen molar-refractivity contribution in [2.45, 2.75) is 39.3 Å². The zero-order valence-corrected chi connectivity index (χ0v) is 26.9. The fourth-order valence-corrected chi connectivity index (χ4v) is 6.43. The molecule has 1 fully saturated rings. The topological polar surface area (TPSA) is 157 Å². The van der Waals surface area contributed by atoms with Gasteiger partial charge in [-0.05, 0) is 61.0 Å². The van der Waals surface area contributed by atoms with Crippen LogP contribution in [0.5, 0.6) is 0 Å². The highest BCUT2D eigenvalue weighted by molar-refractivity contribution is 7.91. The van der Waals surface area contributed by atoms with Gasteiger partial charge in [0, 0.05) is 37.6 Å². The van der Waals surface area contributed by atoms with Crippen LogP contribution >= 0.6 is 0 Å². The minimum Gasteiger partial charge on any atom is -0.412 e. The number of likely N-dealkylation sites (N-methyl/N-ethyl adjacent to an activating group) is 1. The van der Waals surface area contributed by atoms with Gasteiger partial charge in [0.05, 0.1) is 47.3 Å². The number of anilines is 5. The molecule has 0 spiro atoms. The Morgan fingerprint density at radius 1 is 1.09 bits per heavy atom. The van der Waals surface area contributed by atoms with Crippen LogP contribution < -0.4 is 15.1 Å². The van der Waals surface area contributed by atoms with E-state index in [2.05, 4.69) is 31.2 Å². The maximum atomic E-state index is 15.6. The van der Waals surface area contributed by atoms with E-state index in [1.807, 2.05) is 26.1 Å². The summed E-state index contributed by atoms with van der Waals surface area (Å²) in [6.45, 7) is 6.47. The van der Waals surface area contributed by atoms with Crippen molar-refractivity contribution in [3.63, 3.8) is 0 Å². The number of rotatable bonds is 10. The number of nitrogens with zero attached hydrogens (tertiary/aromatic N) is 6. The summed E-state index contributed by atoms with van der Waals surface area (Å²) < 4.78 is 42.0. The standard InChI is InChI=1S/C33H36FN7O3S.CH4.H2O/c1-4-45(43,44)31-18-27(11-12-29(31)40-15-13-39(3)14-16-40)37-33-36-20-28(34)32(38-33)41(21-26-8-6-5-7-25(26)19-35)30-17-24(22-42)10-9-23(30)2;;/h5-12,17-18,20,42H,4,13-16,21-22H2,1-3H3,(H,36,37,38);1H4;1H2. The van der Waals surface area contributed by atoms with Gasteiger partial charge in [-0.2, -0.15) is 10.2 Å². The molecule has 1 saturated heterocycles. The Morgan fingerprint density at radius 3 is 2.49 bits per heavy atom. The Labute approximate surface area is 276 Å². The van der Waals surface area contributed by atoms with Crippen molar-refractivity contribution in [3.05, 3.63) is 94.9 Å². The first kappa shape index (κ1) is 36.9. The molecule has 0 saturated carbocycles. The Morgan fingerprint density at radius 2 is 1.81 bits per heavy atom.